The molecule has 1 aliphatic heterocycles. The lowest BCUT2D eigenvalue weighted by Gasteiger charge is -2.22. The van der Waals surface area contributed by atoms with Crippen molar-refractivity contribution in [2.75, 3.05) is 42.3 Å². The van der Waals surface area contributed by atoms with E-state index in [9.17, 15) is 40.8 Å². The predicted octanol–water partition coefficient (Wildman–Crippen LogP) is 15.2. The van der Waals surface area contributed by atoms with Crippen LogP contribution in [0.5, 0.6) is 0 Å². The lowest BCUT2D eigenvalue weighted by molar-refractivity contribution is -0.152. The van der Waals surface area contributed by atoms with Crippen molar-refractivity contribution >= 4 is 101 Å². The highest BCUT2D eigenvalue weighted by Gasteiger charge is 2.38. The maximum Gasteiger partial charge on any atom is 0.407 e. The van der Waals surface area contributed by atoms with Gasteiger partial charge in [0.1, 0.15) is 36.4 Å². The number of aliphatic carboxylic acids is 1. The number of thioether (sulfide) groups is 2. The number of ether oxygens (including phenoxy) is 3. The quantitative estimate of drug-likeness (QED) is 0.00620. The Kier molecular flexibility index (Phi) is 25.4. The molecule has 0 aromatic heterocycles. The summed E-state index contributed by atoms with van der Waals surface area (Å²) >= 11 is 1.33. The lowest BCUT2D eigenvalue weighted by atomic mass is 9.89. The first-order valence-electron chi connectivity index (χ1n) is 30.7. The van der Waals surface area contributed by atoms with Gasteiger partial charge in [-0.3, -0.25) is 19.2 Å². The molecule has 0 radical (unpaired) electrons. The number of carbonyl (C=O) groups is 5. The molecule has 1 atom stereocenters. The molecule has 1 heterocycles. The third-order valence-corrected chi connectivity index (χ3v) is 20.9. The highest BCUT2D eigenvalue weighted by molar-refractivity contribution is 8.04. The SMILES string of the molecule is CC(C)c1cccc(C(C)C)c1N=c1ccc2c(-c3ccccc3S(=O)(=O)NS(=O)(=O)c3c(F)c(F)c(SCC(COC(=O)NCCOC(=O)CCSCCC(=O)C(C)(C)C)OC(=O)CCC(=O)O)c(F)c3F)c3ccc(Nc4c(C(C)C)cccc4C(C)C)cc3oc-2c1. The minimum atomic E-state index is -6.13. The van der Waals surface area contributed by atoms with Gasteiger partial charge in [-0.15, -0.1) is 15.9 Å². The number of nitrogens with one attached hydrogen (secondary N) is 3. The maximum absolute atomic E-state index is 16.3. The highest BCUT2D eigenvalue weighted by atomic mass is 32.3. The molecule has 510 valence electrons. The number of fused-ring (bicyclic) bond motifs is 2. The van der Waals surface area contributed by atoms with Crippen LogP contribution >= 0.6 is 23.5 Å². The Labute approximate surface area is 559 Å². The van der Waals surface area contributed by atoms with E-state index in [-0.39, 0.29) is 83.3 Å². The van der Waals surface area contributed by atoms with Crippen LogP contribution < -0.4 is 20.1 Å². The molecule has 0 spiro atoms. The molecule has 4 N–H and O–H groups in total. The van der Waals surface area contributed by atoms with Gasteiger partial charge < -0.3 is 34.4 Å². The van der Waals surface area contributed by atoms with E-state index in [1.807, 2.05) is 57.2 Å². The number of esters is 2. The zero-order valence-corrected chi connectivity index (χ0v) is 57.8. The molecule has 7 rings (SSSR count). The number of carboxylic acid groups (broad SMARTS) is 1. The van der Waals surface area contributed by atoms with Crippen molar-refractivity contribution in [2.24, 2.45) is 10.4 Å². The molecule has 0 saturated heterocycles. The molecule has 5 aromatic carbocycles. The van der Waals surface area contributed by atoms with E-state index in [0.717, 1.165) is 39.7 Å². The summed E-state index contributed by atoms with van der Waals surface area (Å²) in [5, 5.41) is 15.8. The van der Waals surface area contributed by atoms with Crippen LogP contribution in [0.25, 0.3) is 33.4 Å². The Morgan fingerprint density at radius 3 is 1.85 bits per heavy atom. The van der Waals surface area contributed by atoms with Crippen LogP contribution in [0, 0.1) is 28.7 Å². The average Bonchev–Trinajstić information content (AvgIpc) is 0.744. The average molecular weight is 1390 g/mol. The number of sulfonamides is 2. The summed E-state index contributed by atoms with van der Waals surface area (Å²) in [6.45, 7) is 20.5. The molecular weight excluding hydrogens is 1310 g/mol. The third kappa shape index (κ3) is 19.0. The molecule has 26 heteroatoms. The Morgan fingerprint density at radius 2 is 1.25 bits per heavy atom. The fourth-order valence-corrected chi connectivity index (χ4v) is 15.2. The van der Waals surface area contributed by atoms with Crippen molar-refractivity contribution < 1.29 is 82.1 Å². The maximum atomic E-state index is 16.3. The number of nitrogens with zero attached hydrogens (tertiary/aromatic N) is 1. The molecule has 1 unspecified atom stereocenters. The molecular formula is C69H78F4N4O14S4. The van der Waals surface area contributed by atoms with Gasteiger partial charge in [0.25, 0.3) is 20.0 Å². The number of para-hydroxylation sites is 2. The zero-order chi connectivity index (χ0) is 69.9. The molecule has 0 fully saturated rings. The number of Topliss-reactive ketones (excluding diaryl/α,β-unsaturated/α-hetero) is 1. The van der Waals surface area contributed by atoms with Crippen LogP contribution in [-0.2, 0) is 53.4 Å². The van der Waals surface area contributed by atoms with Crippen molar-refractivity contribution in [3.63, 3.8) is 0 Å². The summed E-state index contributed by atoms with van der Waals surface area (Å²) < 4.78 is 146. The first-order chi connectivity index (χ1) is 44.7. The lowest BCUT2D eigenvalue weighted by Crippen LogP contribution is -2.33. The molecule has 18 nitrogen and oxygen atoms in total. The van der Waals surface area contributed by atoms with E-state index in [1.165, 1.54) is 34.1 Å². The van der Waals surface area contributed by atoms with Crippen molar-refractivity contribution in [2.45, 2.75) is 146 Å². The molecule has 5 aromatic rings. The number of hydrogen-bond donors (Lipinski definition) is 4. The molecule has 0 saturated carbocycles. The van der Waals surface area contributed by atoms with Crippen LogP contribution in [-0.4, -0.2) is 94.8 Å². The van der Waals surface area contributed by atoms with Gasteiger partial charge in [-0.1, -0.05) is 131 Å². The summed E-state index contributed by atoms with van der Waals surface area (Å²) in [5.74, 6) is -12.1. The topological polar surface area (TPSA) is 263 Å². The second kappa shape index (κ2) is 32.3. The van der Waals surface area contributed by atoms with Gasteiger partial charge in [0.2, 0.25) is 0 Å². The van der Waals surface area contributed by atoms with E-state index in [2.05, 4.69) is 66.0 Å². The number of amides is 1. The minimum absolute atomic E-state index is 0.0130. The van der Waals surface area contributed by atoms with E-state index < -0.39 is 119 Å². The number of hydrogen-bond acceptors (Lipinski definition) is 17. The number of halogens is 4. The summed E-state index contributed by atoms with van der Waals surface area (Å²) in [5.41, 5.74) is 6.55. The van der Waals surface area contributed by atoms with Gasteiger partial charge in [-0.25, -0.2) is 44.2 Å². The number of alkyl carbamates (subject to hydrolysis) is 1. The predicted molar refractivity (Wildman–Crippen MR) is 359 cm³/mol. The van der Waals surface area contributed by atoms with Crippen LogP contribution in [0.1, 0.15) is 148 Å². The highest BCUT2D eigenvalue weighted by Crippen LogP contribution is 2.45. The van der Waals surface area contributed by atoms with Crippen molar-refractivity contribution in [3.05, 3.63) is 148 Å². The second-order valence-corrected chi connectivity index (χ2v) is 30.5. The van der Waals surface area contributed by atoms with Gasteiger partial charge >= 0.3 is 24.0 Å². The smallest absolute Gasteiger partial charge is 0.407 e. The number of carbonyl (C=O) groups excluding carboxylic acids is 4. The van der Waals surface area contributed by atoms with Gasteiger partial charge in [0.05, 0.1) is 46.6 Å². The van der Waals surface area contributed by atoms with Crippen LogP contribution in [0.15, 0.2) is 121 Å². The van der Waals surface area contributed by atoms with Crippen LogP contribution in [0.2, 0.25) is 0 Å². The van der Waals surface area contributed by atoms with Gasteiger partial charge in [0.15, 0.2) is 28.2 Å². The summed E-state index contributed by atoms with van der Waals surface area (Å²) in [6.07, 6.45) is -3.98. The van der Waals surface area contributed by atoms with Crippen molar-refractivity contribution in [3.8, 4) is 22.5 Å². The van der Waals surface area contributed by atoms with Crippen LogP contribution in [0.3, 0.4) is 0 Å². The van der Waals surface area contributed by atoms with E-state index >= 15 is 17.6 Å². The summed E-state index contributed by atoms with van der Waals surface area (Å²) in [6, 6.07) is 27.5. The number of anilines is 2. The number of benzene rings is 6. The molecule has 95 heavy (non-hydrogen) atoms. The molecule has 1 aliphatic carbocycles. The summed E-state index contributed by atoms with van der Waals surface area (Å²) in [4.78, 5) is 61.3. The largest absolute Gasteiger partial charge is 0.481 e. The Morgan fingerprint density at radius 1 is 0.653 bits per heavy atom. The fourth-order valence-electron chi connectivity index (χ4n) is 10.2. The Bertz CT molecular complexity index is 4200. The minimum Gasteiger partial charge on any atom is -0.481 e. The second-order valence-electron chi connectivity index (χ2n) is 24.7. The number of ketones is 1. The van der Waals surface area contributed by atoms with Gasteiger partial charge in [-0.05, 0) is 76.3 Å². The monoisotopic (exact) mass is 1390 g/mol. The van der Waals surface area contributed by atoms with E-state index in [1.54, 1.807) is 36.4 Å². The first kappa shape index (κ1) is 74.6. The fraction of sp³-hybridized carbons (Fsp3) is 0.391. The Hall–Kier alpha value is -7.78. The van der Waals surface area contributed by atoms with Crippen LogP contribution in [0.4, 0.5) is 39.4 Å². The summed E-state index contributed by atoms with van der Waals surface area (Å²) in [7, 11) is -11.7. The van der Waals surface area contributed by atoms with E-state index in [4.69, 9.17) is 28.7 Å². The normalized spacial score (nSPS) is 12.7. The number of carboxylic acids is 1. The van der Waals surface area contributed by atoms with Crippen molar-refractivity contribution in [1.82, 2.24) is 9.44 Å². The van der Waals surface area contributed by atoms with Crippen molar-refractivity contribution in [1.29, 1.82) is 0 Å². The first-order valence-corrected chi connectivity index (χ1v) is 35.8. The number of rotatable bonds is 30. The molecule has 2 aliphatic rings. The molecule has 1 amide bonds. The van der Waals surface area contributed by atoms with Gasteiger partial charge in [-0.2, -0.15) is 11.8 Å². The third-order valence-electron chi connectivity index (χ3n) is 15.1. The molecule has 0 bridgehead atoms. The standard InChI is InChI=1S/C69H78F4N4O14S4/c1-38(2)45-17-14-18-46(39(3)4)64(45)75-42-22-24-49-52(34-42)91-53-35-43(76-65-47(40(5)6)19-15-20-48(65)41(7)8)23-25-50(53)59(49)51-16-12-13-21-54(51)94(84,85)77-95(86,87)67-62(72)60(70)66(61(71)63(67)73)93-37-44(90-58(82)27-26-56(79)80)36-89-68(83)74-30-31-88-57(81)29-33-92-32-28-55(78)69(9,10)11/h12-25,34-35,38-41,44,75,77H,26-33,36-37H2,1-11H3,(H,74,83)(H,79,80). The van der Waals surface area contributed by atoms with Gasteiger partial charge in [0, 0.05) is 74.7 Å². The zero-order valence-electron chi connectivity index (χ0n) is 54.5. The van der Waals surface area contributed by atoms with E-state index in [0.29, 0.717) is 39.9 Å². The Balaban J connectivity index is 1.18.